The lowest BCUT2D eigenvalue weighted by atomic mass is 9.66. The SMILES string of the molecule is C[C@@]1(CO)CNCC12COC2. The van der Waals surface area contributed by atoms with Crippen molar-refractivity contribution < 1.29 is 9.84 Å². The lowest BCUT2D eigenvalue weighted by molar-refractivity contribution is -0.165. The van der Waals surface area contributed by atoms with E-state index in [1.807, 2.05) is 0 Å². The normalized spacial score (nSPS) is 40.9. The fourth-order valence-electron chi connectivity index (χ4n) is 2.00. The molecule has 2 N–H and O–H groups in total. The maximum atomic E-state index is 9.23. The van der Waals surface area contributed by atoms with Gasteiger partial charge in [-0.3, -0.25) is 0 Å². The molecule has 0 aromatic rings. The molecule has 0 radical (unpaired) electrons. The van der Waals surface area contributed by atoms with Crippen LogP contribution in [0.4, 0.5) is 0 Å². The molecular weight excluding hydrogens is 142 g/mol. The predicted molar refractivity (Wildman–Crippen MR) is 41.3 cm³/mol. The minimum atomic E-state index is 0.0469. The fraction of sp³-hybridized carbons (Fsp3) is 1.00. The van der Waals surface area contributed by atoms with E-state index in [2.05, 4.69) is 12.2 Å². The maximum Gasteiger partial charge on any atom is 0.0563 e. The molecule has 0 aromatic carbocycles. The predicted octanol–water partition coefficient (Wildman–Crippen LogP) is -0.395. The van der Waals surface area contributed by atoms with E-state index in [0.717, 1.165) is 26.3 Å². The Kier molecular flexibility index (Phi) is 1.50. The van der Waals surface area contributed by atoms with Gasteiger partial charge in [0, 0.05) is 23.9 Å². The zero-order valence-corrected chi connectivity index (χ0v) is 6.89. The highest BCUT2D eigenvalue weighted by Crippen LogP contribution is 2.47. The van der Waals surface area contributed by atoms with Gasteiger partial charge in [-0.15, -0.1) is 0 Å². The van der Waals surface area contributed by atoms with Crippen LogP contribution in [-0.4, -0.2) is 38.0 Å². The van der Waals surface area contributed by atoms with Crippen LogP contribution in [0.1, 0.15) is 6.92 Å². The first-order valence-corrected chi connectivity index (χ1v) is 4.12. The first kappa shape index (κ1) is 7.53. The molecule has 0 saturated carbocycles. The standard InChI is InChI=1S/C8H15NO2/c1-7(4-10)2-9-3-8(7)5-11-6-8/h9-10H,2-6H2,1H3/t7-/m0/s1. The van der Waals surface area contributed by atoms with Gasteiger partial charge in [-0.05, 0) is 0 Å². The first-order chi connectivity index (χ1) is 5.22. The van der Waals surface area contributed by atoms with Crippen molar-refractivity contribution in [2.45, 2.75) is 6.92 Å². The average molecular weight is 157 g/mol. The molecule has 3 heteroatoms. The maximum absolute atomic E-state index is 9.23. The van der Waals surface area contributed by atoms with Crippen molar-refractivity contribution in [2.75, 3.05) is 32.9 Å². The lowest BCUT2D eigenvalue weighted by Gasteiger charge is -2.48. The third-order valence-corrected chi connectivity index (χ3v) is 3.36. The third-order valence-electron chi connectivity index (χ3n) is 3.36. The van der Waals surface area contributed by atoms with E-state index in [4.69, 9.17) is 4.74 Å². The van der Waals surface area contributed by atoms with Crippen LogP contribution in [0.5, 0.6) is 0 Å². The number of nitrogens with one attached hydrogen (secondary N) is 1. The van der Waals surface area contributed by atoms with E-state index in [1.54, 1.807) is 0 Å². The van der Waals surface area contributed by atoms with Crippen molar-refractivity contribution in [1.82, 2.24) is 5.32 Å². The fourth-order valence-corrected chi connectivity index (χ4v) is 2.00. The van der Waals surface area contributed by atoms with E-state index in [1.165, 1.54) is 0 Å². The van der Waals surface area contributed by atoms with Gasteiger partial charge in [0.05, 0.1) is 19.8 Å². The second kappa shape index (κ2) is 2.19. The van der Waals surface area contributed by atoms with Gasteiger partial charge in [0.1, 0.15) is 0 Å². The molecule has 2 saturated heterocycles. The molecule has 2 heterocycles. The molecule has 0 aromatic heterocycles. The summed E-state index contributed by atoms with van der Waals surface area (Å²) in [4.78, 5) is 0. The Hall–Kier alpha value is -0.120. The van der Waals surface area contributed by atoms with Gasteiger partial charge in [0.25, 0.3) is 0 Å². The molecule has 0 unspecified atom stereocenters. The van der Waals surface area contributed by atoms with Gasteiger partial charge in [0.2, 0.25) is 0 Å². The van der Waals surface area contributed by atoms with Gasteiger partial charge in [-0.25, -0.2) is 0 Å². The summed E-state index contributed by atoms with van der Waals surface area (Å²) < 4.78 is 5.21. The molecule has 11 heavy (non-hydrogen) atoms. The highest BCUT2D eigenvalue weighted by molar-refractivity contribution is 5.06. The second-order valence-electron chi connectivity index (χ2n) is 4.10. The zero-order chi connectivity index (χ0) is 7.95. The van der Waals surface area contributed by atoms with Crippen LogP contribution in [0.15, 0.2) is 0 Å². The van der Waals surface area contributed by atoms with Gasteiger partial charge in [0.15, 0.2) is 0 Å². The minimum Gasteiger partial charge on any atom is -0.396 e. The molecule has 0 amide bonds. The summed E-state index contributed by atoms with van der Waals surface area (Å²) in [6.07, 6.45) is 0. The zero-order valence-electron chi connectivity index (χ0n) is 6.89. The summed E-state index contributed by atoms with van der Waals surface area (Å²) in [5.41, 5.74) is 0.285. The Labute approximate surface area is 66.7 Å². The number of aliphatic hydroxyl groups excluding tert-OH is 1. The van der Waals surface area contributed by atoms with Crippen LogP contribution in [0, 0.1) is 10.8 Å². The first-order valence-electron chi connectivity index (χ1n) is 4.12. The Morgan fingerprint density at radius 1 is 1.45 bits per heavy atom. The van der Waals surface area contributed by atoms with Crippen LogP contribution in [0.3, 0.4) is 0 Å². The Bertz CT molecular complexity index is 158. The van der Waals surface area contributed by atoms with Crippen molar-refractivity contribution in [2.24, 2.45) is 10.8 Å². The largest absolute Gasteiger partial charge is 0.396 e. The number of hydrogen-bond acceptors (Lipinski definition) is 3. The average Bonchev–Trinajstić information content (AvgIpc) is 2.27. The highest BCUT2D eigenvalue weighted by atomic mass is 16.5. The van der Waals surface area contributed by atoms with Crippen molar-refractivity contribution in [3.05, 3.63) is 0 Å². The molecule has 1 spiro atoms. The molecule has 0 aliphatic carbocycles. The monoisotopic (exact) mass is 157 g/mol. The van der Waals surface area contributed by atoms with Crippen molar-refractivity contribution in [1.29, 1.82) is 0 Å². The smallest absolute Gasteiger partial charge is 0.0563 e. The highest BCUT2D eigenvalue weighted by Gasteiger charge is 2.56. The van der Waals surface area contributed by atoms with Crippen molar-refractivity contribution in [3.8, 4) is 0 Å². The topological polar surface area (TPSA) is 41.5 Å². The molecule has 2 fully saturated rings. The minimum absolute atomic E-state index is 0.0469. The van der Waals surface area contributed by atoms with Crippen LogP contribution < -0.4 is 5.32 Å². The van der Waals surface area contributed by atoms with Crippen LogP contribution >= 0.6 is 0 Å². The van der Waals surface area contributed by atoms with Gasteiger partial charge < -0.3 is 15.2 Å². The van der Waals surface area contributed by atoms with Crippen LogP contribution in [0.2, 0.25) is 0 Å². The molecule has 2 rings (SSSR count). The molecule has 3 nitrogen and oxygen atoms in total. The second-order valence-corrected chi connectivity index (χ2v) is 4.10. The van der Waals surface area contributed by atoms with E-state index in [0.29, 0.717) is 0 Å². The van der Waals surface area contributed by atoms with E-state index >= 15 is 0 Å². The Balaban J connectivity index is 2.19. The molecule has 2 aliphatic heterocycles. The Morgan fingerprint density at radius 3 is 2.55 bits per heavy atom. The number of ether oxygens (including phenoxy) is 1. The van der Waals surface area contributed by atoms with Gasteiger partial charge in [-0.1, -0.05) is 6.92 Å². The van der Waals surface area contributed by atoms with Crippen LogP contribution in [-0.2, 0) is 4.74 Å². The molecule has 0 bridgehead atoms. The van der Waals surface area contributed by atoms with Crippen molar-refractivity contribution in [3.63, 3.8) is 0 Å². The number of rotatable bonds is 1. The number of aliphatic hydroxyl groups is 1. The molecule has 2 aliphatic rings. The summed E-state index contributed by atoms with van der Waals surface area (Å²) in [7, 11) is 0. The van der Waals surface area contributed by atoms with Crippen LogP contribution in [0.25, 0.3) is 0 Å². The molecular formula is C8H15NO2. The van der Waals surface area contributed by atoms with Gasteiger partial charge in [-0.2, -0.15) is 0 Å². The van der Waals surface area contributed by atoms with E-state index in [-0.39, 0.29) is 17.4 Å². The van der Waals surface area contributed by atoms with Crippen molar-refractivity contribution >= 4 is 0 Å². The molecule has 1 atom stereocenters. The summed E-state index contributed by atoms with van der Waals surface area (Å²) in [5, 5.41) is 12.5. The molecule has 64 valence electrons. The number of hydrogen-bond donors (Lipinski definition) is 2. The summed E-state index contributed by atoms with van der Waals surface area (Å²) in [6.45, 7) is 5.96. The summed E-state index contributed by atoms with van der Waals surface area (Å²) >= 11 is 0. The Morgan fingerprint density at radius 2 is 2.18 bits per heavy atom. The summed E-state index contributed by atoms with van der Waals surface area (Å²) in [5.74, 6) is 0. The summed E-state index contributed by atoms with van der Waals surface area (Å²) in [6, 6.07) is 0. The third kappa shape index (κ3) is 0.789. The lowest BCUT2D eigenvalue weighted by Crippen LogP contribution is -2.55. The van der Waals surface area contributed by atoms with E-state index in [9.17, 15) is 5.11 Å². The quantitative estimate of drug-likeness (QED) is 0.544. The van der Waals surface area contributed by atoms with E-state index < -0.39 is 0 Å². The van der Waals surface area contributed by atoms with Gasteiger partial charge >= 0.3 is 0 Å².